The molecule has 2 aliphatic rings. The number of carboxylic acids is 1. The molecule has 0 radical (unpaired) electrons. The van der Waals surface area contributed by atoms with Crippen molar-refractivity contribution < 1.29 is 9.90 Å². The second-order valence-electron chi connectivity index (χ2n) is 5.54. The quantitative estimate of drug-likeness (QED) is 0.904. The van der Waals surface area contributed by atoms with Gasteiger partial charge in [-0.1, -0.05) is 18.0 Å². The number of aliphatic carboxylic acids is 1. The number of carbonyl (C=O) groups is 1. The molecule has 0 bridgehead atoms. The molecule has 0 spiro atoms. The van der Waals surface area contributed by atoms with Gasteiger partial charge < -0.3 is 10.0 Å². The summed E-state index contributed by atoms with van der Waals surface area (Å²) < 4.78 is 0. The zero-order valence-electron chi connectivity index (χ0n) is 10.8. The molecule has 104 valence electrons. The topological polar surface area (TPSA) is 77.2 Å². The standard InChI is InChI=1S/C14H14ClN3O2/c15-10-3-4-12(17-11(10)6-16)18-7-9-2-1-5-14(9,8-18)13(19)20/h3-4,9H,1-2,5,7-8H2,(H,19,20)/t9-,14+/m0/s1. The third-order valence-electron chi connectivity index (χ3n) is 4.56. The van der Waals surface area contributed by atoms with Crippen molar-refractivity contribution in [3.63, 3.8) is 0 Å². The van der Waals surface area contributed by atoms with Gasteiger partial charge in [0.2, 0.25) is 0 Å². The zero-order valence-corrected chi connectivity index (χ0v) is 11.6. The number of nitrogens with zero attached hydrogens (tertiary/aromatic N) is 3. The number of aromatic nitrogens is 1. The lowest BCUT2D eigenvalue weighted by molar-refractivity contribution is -0.149. The summed E-state index contributed by atoms with van der Waals surface area (Å²) in [5.74, 6) is 0.0981. The average Bonchev–Trinajstić information content (AvgIpc) is 2.96. The number of hydrogen-bond donors (Lipinski definition) is 1. The molecule has 2 fully saturated rings. The zero-order chi connectivity index (χ0) is 14.3. The smallest absolute Gasteiger partial charge is 0.311 e. The summed E-state index contributed by atoms with van der Waals surface area (Å²) in [6, 6.07) is 5.35. The van der Waals surface area contributed by atoms with Crippen molar-refractivity contribution in [2.75, 3.05) is 18.0 Å². The molecule has 1 aromatic heterocycles. The van der Waals surface area contributed by atoms with E-state index < -0.39 is 11.4 Å². The Morgan fingerprint density at radius 1 is 1.60 bits per heavy atom. The van der Waals surface area contributed by atoms with Gasteiger partial charge in [-0.25, -0.2) is 4.98 Å². The van der Waals surface area contributed by atoms with E-state index in [4.69, 9.17) is 16.9 Å². The van der Waals surface area contributed by atoms with Crippen LogP contribution in [0.15, 0.2) is 12.1 Å². The van der Waals surface area contributed by atoms with Crippen LogP contribution >= 0.6 is 11.6 Å². The predicted octanol–water partition coefficient (Wildman–Crippen LogP) is 2.30. The number of pyridine rings is 1. The predicted molar refractivity (Wildman–Crippen MR) is 73.6 cm³/mol. The minimum Gasteiger partial charge on any atom is -0.481 e. The van der Waals surface area contributed by atoms with Crippen LogP contribution in [0.5, 0.6) is 0 Å². The van der Waals surface area contributed by atoms with Gasteiger partial charge in [-0.2, -0.15) is 5.26 Å². The maximum atomic E-state index is 11.6. The molecule has 1 N–H and O–H groups in total. The highest BCUT2D eigenvalue weighted by Crippen LogP contribution is 2.49. The van der Waals surface area contributed by atoms with Crippen LogP contribution in [-0.4, -0.2) is 29.1 Å². The van der Waals surface area contributed by atoms with Crippen LogP contribution in [0.1, 0.15) is 25.0 Å². The molecule has 1 saturated carbocycles. The number of hydrogen-bond acceptors (Lipinski definition) is 4. The first-order valence-corrected chi connectivity index (χ1v) is 6.99. The summed E-state index contributed by atoms with van der Waals surface area (Å²) in [6.45, 7) is 1.15. The Morgan fingerprint density at radius 2 is 2.40 bits per heavy atom. The third-order valence-corrected chi connectivity index (χ3v) is 4.86. The van der Waals surface area contributed by atoms with E-state index in [2.05, 4.69) is 4.98 Å². The lowest BCUT2D eigenvalue weighted by Gasteiger charge is -2.23. The summed E-state index contributed by atoms with van der Waals surface area (Å²) in [4.78, 5) is 17.8. The molecule has 0 unspecified atom stereocenters. The summed E-state index contributed by atoms with van der Waals surface area (Å²) >= 11 is 5.88. The molecule has 1 aromatic rings. The monoisotopic (exact) mass is 291 g/mol. The molecule has 3 rings (SSSR count). The summed E-state index contributed by atoms with van der Waals surface area (Å²) in [7, 11) is 0. The Labute approximate surface area is 121 Å². The molecule has 0 aromatic carbocycles. The first kappa shape index (κ1) is 13.2. The fraction of sp³-hybridized carbons (Fsp3) is 0.500. The molecule has 1 aliphatic heterocycles. The maximum absolute atomic E-state index is 11.6. The van der Waals surface area contributed by atoms with Crippen LogP contribution in [0.25, 0.3) is 0 Å². The highest BCUT2D eigenvalue weighted by Gasteiger charge is 2.55. The van der Waals surface area contributed by atoms with E-state index in [1.807, 2.05) is 11.0 Å². The Balaban J connectivity index is 1.91. The summed E-state index contributed by atoms with van der Waals surface area (Å²) in [5.41, 5.74) is -0.459. The number of halogens is 1. The lowest BCUT2D eigenvalue weighted by Crippen LogP contribution is -2.35. The number of carboxylic acid groups (broad SMARTS) is 1. The van der Waals surface area contributed by atoms with Crippen LogP contribution in [0.4, 0.5) is 5.82 Å². The number of nitriles is 1. The van der Waals surface area contributed by atoms with Gasteiger partial charge >= 0.3 is 5.97 Å². The molecule has 0 amide bonds. The Hall–Kier alpha value is -1.80. The summed E-state index contributed by atoms with van der Waals surface area (Å²) in [5, 5.41) is 18.9. The van der Waals surface area contributed by atoms with Crippen molar-refractivity contribution >= 4 is 23.4 Å². The van der Waals surface area contributed by atoms with E-state index in [1.54, 1.807) is 12.1 Å². The van der Waals surface area contributed by atoms with Gasteiger partial charge in [0.25, 0.3) is 0 Å². The third kappa shape index (κ3) is 1.83. The number of fused-ring (bicyclic) bond motifs is 1. The molecule has 1 aliphatic carbocycles. The van der Waals surface area contributed by atoms with Gasteiger partial charge in [-0.15, -0.1) is 0 Å². The summed E-state index contributed by atoms with van der Waals surface area (Å²) in [6.07, 6.45) is 2.64. The van der Waals surface area contributed by atoms with Crippen LogP contribution in [-0.2, 0) is 4.79 Å². The fourth-order valence-electron chi connectivity index (χ4n) is 3.50. The first-order valence-electron chi connectivity index (χ1n) is 6.62. The van der Waals surface area contributed by atoms with Gasteiger partial charge in [0.1, 0.15) is 11.9 Å². The Kier molecular flexibility index (Phi) is 3.06. The Morgan fingerprint density at radius 3 is 3.05 bits per heavy atom. The van der Waals surface area contributed by atoms with Crippen molar-refractivity contribution in [1.29, 1.82) is 5.26 Å². The fourth-order valence-corrected chi connectivity index (χ4v) is 3.65. The van der Waals surface area contributed by atoms with E-state index in [0.717, 1.165) is 19.3 Å². The molecule has 1 saturated heterocycles. The van der Waals surface area contributed by atoms with Crippen LogP contribution < -0.4 is 4.90 Å². The largest absolute Gasteiger partial charge is 0.481 e. The molecule has 20 heavy (non-hydrogen) atoms. The molecule has 6 heteroatoms. The molecule has 2 atom stereocenters. The van der Waals surface area contributed by atoms with E-state index in [-0.39, 0.29) is 11.6 Å². The van der Waals surface area contributed by atoms with E-state index in [9.17, 15) is 9.90 Å². The van der Waals surface area contributed by atoms with E-state index in [0.29, 0.717) is 23.9 Å². The van der Waals surface area contributed by atoms with Gasteiger partial charge in [0, 0.05) is 13.1 Å². The van der Waals surface area contributed by atoms with Crippen molar-refractivity contribution in [2.24, 2.45) is 11.3 Å². The van der Waals surface area contributed by atoms with Crippen molar-refractivity contribution in [3.05, 3.63) is 22.8 Å². The average molecular weight is 292 g/mol. The molecular weight excluding hydrogens is 278 g/mol. The van der Waals surface area contributed by atoms with Gasteiger partial charge in [0.15, 0.2) is 5.69 Å². The second kappa shape index (κ2) is 4.64. The van der Waals surface area contributed by atoms with Gasteiger partial charge in [-0.3, -0.25) is 4.79 Å². The maximum Gasteiger partial charge on any atom is 0.311 e. The highest BCUT2D eigenvalue weighted by molar-refractivity contribution is 6.31. The first-order chi connectivity index (χ1) is 9.56. The minimum atomic E-state index is -0.711. The highest BCUT2D eigenvalue weighted by atomic mass is 35.5. The van der Waals surface area contributed by atoms with Crippen molar-refractivity contribution in [2.45, 2.75) is 19.3 Å². The second-order valence-corrected chi connectivity index (χ2v) is 5.95. The van der Waals surface area contributed by atoms with Crippen LogP contribution in [0.2, 0.25) is 5.02 Å². The molecule has 2 heterocycles. The van der Waals surface area contributed by atoms with E-state index >= 15 is 0 Å². The van der Waals surface area contributed by atoms with Gasteiger partial charge in [-0.05, 0) is 30.9 Å². The Bertz CT molecular complexity index is 613. The SMILES string of the molecule is N#Cc1nc(N2C[C@@H]3CCC[C@@]3(C(=O)O)C2)ccc1Cl. The van der Waals surface area contributed by atoms with E-state index in [1.165, 1.54) is 0 Å². The van der Waals surface area contributed by atoms with Gasteiger partial charge in [0.05, 0.1) is 10.4 Å². The lowest BCUT2D eigenvalue weighted by atomic mass is 9.81. The normalized spacial score (nSPS) is 28.2. The van der Waals surface area contributed by atoms with Crippen LogP contribution in [0.3, 0.4) is 0 Å². The van der Waals surface area contributed by atoms with Crippen LogP contribution in [0, 0.1) is 22.7 Å². The molecular formula is C14H14ClN3O2. The number of anilines is 1. The number of rotatable bonds is 2. The van der Waals surface area contributed by atoms with Crippen molar-refractivity contribution in [3.8, 4) is 6.07 Å². The molecule has 5 nitrogen and oxygen atoms in total. The minimum absolute atomic E-state index is 0.169. The van der Waals surface area contributed by atoms with Crippen molar-refractivity contribution in [1.82, 2.24) is 4.98 Å².